The molecule has 9 heteroatoms. The van der Waals surface area contributed by atoms with Crippen molar-refractivity contribution in [1.82, 2.24) is 0 Å². The Bertz CT molecular complexity index is 1510. The average Bonchev–Trinajstić information content (AvgIpc) is 2.78. The summed E-state index contributed by atoms with van der Waals surface area (Å²) in [6.45, 7) is 1.95. The predicted octanol–water partition coefficient (Wildman–Crippen LogP) is 6.55. The number of fused-ring (bicyclic) bond motifs is 1. The Labute approximate surface area is 205 Å². The molecule has 0 saturated carbocycles. The summed E-state index contributed by atoms with van der Waals surface area (Å²) in [7, 11) is -4.12. The van der Waals surface area contributed by atoms with Crippen molar-refractivity contribution in [3.8, 4) is 5.75 Å². The largest absolute Gasteiger partial charge is 0.422 e. The predicted molar refractivity (Wildman–Crippen MR) is 130 cm³/mol. The van der Waals surface area contributed by atoms with Crippen molar-refractivity contribution in [2.45, 2.75) is 31.1 Å². The van der Waals surface area contributed by atoms with Crippen molar-refractivity contribution in [3.63, 3.8) is 0 Å². The monoisotopic (exact) mass is 520 g/mol. The fraction of sp³-hybridized carbons (Fsp3) is 0.160. The van der Waals surface area contributed by atoms with Crippen molar-refractivity contribution in [2.75, 3.05) is 0 Å². The van der Waals surface area contributed by atoms with Gasteiger partial charge in [-0.25, -0.2) is 9.18 Å². The first-order chi connectivity index (χ1) is 16.2. The SMILES string of the molecule is CCCc1c(Cc2c(F)cccc2Cl)c(=O)oc2cc(OS(=O)(=O)c3ccc(Cl)cc3)ccc12. The van der Waals surface area contributed by atoms with Gasteiger partial charge in [-0.05, 0) is 60.5 Å². The first-order valence-electron chi connectivity index (χ1n) is 10.4. The lowest BCUT2D eigenvalue weighted by Gasteiger charge is -2.13. The van der Waals surface area contributed by atoms with Crippen LogP contribution in [0.1, 0.15) is 30.0 Å². The third kappa shape index (κ3) is 4.97. The molecule has 0 unspecified atom stereocenters. The molecule has 0 aliphatic heterocycles. The smallest absolute Gasteiger partial charge is 0.340 e. The average molecular weight is 521 g/mol. The van der Waals surface area contributed by atoms with Crippen molar-refractivity contribution in [2.24, 2.45) is 0 Å². The van der Waals surface area contributed by atoms with Crippen molar-refractivity contribution in [1.29, 1.82) is 0 Å². The molecule has 1 heterocycles. The summed E-state index contributed by atoms with van der Waals surface area (Å²) in [4.78, 5) is 12.8. The van der Waals surface area contributed by atoms with Gasteiger partial charge >= 0.3 is 15.7 Å². The van der Waals surface area contributed by atoms with Gasteiger partial charge in [0.05, 0.1) is 0 Å². The van der Waals surface area contributed by atoms with E-state index in [2.05, 4.69) is 0 Å². The molecular formula is C25H19Cl2FO5S. The third-order valence-corrected chi connectivity index (χ3v) is 7.18. The van der Waals surface area contributed by atoms with Gasteiger partial charge in [-0.15, -0.1) is 0 Å². The van der Waals surface area contributed by atoms with Gasteiger partial charge in [0.2, 0.25) is 0 Å². The zero-order chi connectivity index (χ0) is 24.5. The quantitative estimate of drug-likeness (QED) is 0.204. The van der Waals surface area contributed by atoms with Crippen LogP contribution in [0.3, 0.4) is 0 Å². The van der Waals surface area contributed by atoms with Gasteiger partial charge in [-0.2, -0.15) is 8.42 Å². The molecule has 0 fully saturated rings. The third-order valence-electron chi connectivity index (χ3n) is 5.32. The molecule has 4 rings (SSSR count). The summed E-state index contributed by atoms with van der Waals surface area (Å²) in [5.41, 5.74) is 0.736. The second kappa shape index (κ2) is 9.78. The van der Waals surface area contributed by atoms with E-state index < -0.39 is 21.6 Å². The maximum Gasteiger partial charge on any atom is 0.340 e. The zero-order valence-corrected chi connectivity index (χ0v) is 20.3. The standard InChI is InChI=1S/C25H19Cl2FO5S/c1-2-4-18-19-12-9-16(33-34(30,31)17-10-7-15(26)8-11-17)13-24(19)32-25(29)20(18)14-21-22(27)5-3-6-23(21)28/h3,5-13H,2,4,14H2,1H3. The van der Waals surface area contributed by atoms with E-state index in [0.29, 0.717) is 28.0 Å². The van der Waals surface area contributed by atoms with Crippen LogP contribution in [0, 0.1) is 5.82 Å². The second-order valence-electron chi connectivity index (χ2n) is 7.62. The molecule has 0 atom stereocenters. The van der Waals surface area contributed by atoms with E-state index in [1.54, 1.807) is 12.1 Å². The summed E-state index contributed by atoms with van der Waals surface area (Å²) in [5, 5.41) is 1.22. The summed E-state index contributed by atoms with van der Waals surface area (Å²) >= 11 is 12.0. The van der Waals surface area contributed by atoms with Crippen LogP contribution in [-0.4, -0.2) is 8.42 Å². The molecule has 0 saturated heterocycles. The van der Waals surface area contributed by atoms with Gasteiger partial charge in [-0.3, -0.25) is 0 Å². The van der Waals surface area contributed by atoms with Gasteiger partial charge in [0, 0.05) is 39.0 Å². The van der Waals surface area contributed by atoms with E-state index in [-0.39, 0.29) is 33.2 Å². The van der Waals surface area contributed by atoms with Crippen LogP contribution in [0.15, 0.2) is 74.8 Å². The number of benzene rings is 3. The molecular weight excluding hydrogens is 502 g/mol. The fourth-order valence-corrected chi connectivity index (χ4v) is 4.98. The Hall–Kier alpha value is -2.87. The van der Waals surface area contributed by atoms with Crippen molar-refractivity contribution in [3.05, 3.63) is 104 Å². The van der Waals surface area contributed by atoms with Crippen LogP contribution in [0.25, 0.3) is 11.0 Å². The molecule has 0 aliphatic rings. The minimum Gasteiger partial charge on any atom is -0.422 e. The molecule has 176 valence electrons. The number of aryl methyl sites for hydroxylation is 1. The Kier molecular flexibility index (Phi) is 6.98. The topological polar surface area (TPSA) is 73.6 Å². The summed E-state index contributed by atoms with van der Waals surface area (Å²) in [5.74, 6) is -0.524. The molecule has 34 heavy (non-hydrogen) atoms. The van der Waals surface area contributed by atoms with E-state index >= 15 is 0 Å². The number of rotatable bonds is 7. The second-order valence-corrected chi connectivity index (χ2v) is 10.0. The summed E-state index contributed by atoms with van der Waals surface area (Å²) < 4.78 is 50.3. The highest BCUT2D eigenvalue weighted by atomic mass is 35.5. The first kappa shape index (κ1) is 24.3. The minimum atomic E-state index is -4.12. The summed E-state index contributed by atoms with van der Waals surface area (Å²) in [6, 6.07) is 14.4. The molecule has 0 radical (unpaired) electrons. The van der Waals surface area contributed by atoms with Crippen LogP contribution in [0.2, 0.25) is 10.0 Å². The normalized spacial score (nSPS) is 11.6. The number of hydrogen-bond acceptors (Lipinski definition) is 5. The van der Waals surface area contributed by atoms with Crippen LogP contribution in [0.5, 0.6) is 5.75 Å². The molecule has 4 aromatic rings. The van der Waals surface area contributed by atoms with E-state index in [1.165, 1.54) is 48.5 Å². The Morgan fingerprint density at radius 2 is 1.71 bits per heavy atom. The number of hydrogen-bond donors (Lipinski definition) is 0. The summed E-state index contributed by atoms with van der Waals surface area (Å²) in [6.07, 6.45) is 1.23. The minimum absolute atomic E-state index is 0.0158. The van der Waals surface area contributed by atoms with Crippen LogP contribution >= 0.6 is 23.2 Å². The van der Waals surface area contributed by atoms with Crippen LogP contribution < -0.4 is 9.81 Å². The van der Waals surface area contributed by atoms with E-state index in [4.69, 9.17) is 31.8 Å². The van der Waals surface area contributed by atoms with E-state index in [1.807, 2.05) is 6.92 Å². The molecule has 3 aromatic carbocycles. The van der Waals surface area contributed by atoms with Gasteiger partial charge in [-0.1, -0.05) is 42.6 Å². The fourth-order valence-electron chi connectivity index (χ4n) is 3.70. The lowest BCUT2D eigenvalue weighted by Crippen LogP contribution is -2.14. The van der Waals surface area contributed by atoms with Gasteiger partial charge in [0.15, 0.2) is 0 Å². The lowest BCUT2D eigenvalue weighted by molar-refractivity contribution is 0.485. The Balaban J connectivity index is 1.76. The van der Waals surface area contributed by atoms with Gasteiger partial charge < -0.3 is 8.60 Å². The highest BCUT2D eigenvalue weighted by Gasteiger charge is 2.20. The highest BCUT2D eigenvalue weighted by Crippen LogP contribution is 2.30. The molecule has 5 nitrogen and oxygen atoms in total. The molecule has 0 spiro atoms. The number of halogens is 3. The molecule has 0 amide bonds. The van der Waals surface area contributed by atoms with Gasteiger partial charge in [0.1, 0.15) is 22.0 Å². The molecule has 0 N–H and O–H groups in total. The van der Waals surface area contributed by atoms with Crippen molar-refractivity contribution >= 4 is 44.3 Å². The Morgan fingerprint density at radius 1 is 0.971 bits per heavy atom. The van der Waals surface area contributed by atoms with E-state index in [9.17, 15) is 17.6 Å². The maximum atomic E-state index is 14.4. The zero-order valence-electron chi connectivity index (χ0n) is 18.0. The van der Waals surface area contributed by atoms with Crippen molar-refractivity contribution < 1.29 is 21.4 Å². The lowest BCUT2D eigenvalue weighted by atomic mass is 9.95. The molecule has 0 aliphatic carbocycles. The van der Waals surface area contributed by atoms with Gasteiger partial charge in [0.25, 0.3) is 0 Å². The maximum absolute atomic E-state index is 14.4. The molecule has 1 aromatic heterocycles. The van der Waals surface area contributed by atoms with Crippen LogP contribution in [0.4, 0.5) is 4.39 Å². The highest BCUT2D eigenvalue weighted by molar-refractivity contribution is 7.87. The molecule has 0 bridgehead atoms. The Morgan fingerprint density at radius 3 is 2.38 bits per heavy atom. The van der Waals surface area contributed by atoms with E-state index in [0.717, 1.165) is 6.42 Å². The van der Waals surface area contributed by atoms with Crippen LogP contribution in [-0.2, 0) is 23.0 Å². The first-order valence-corrected chi connectivity index (χ1v) is 12.6.